The minimum absolute atomic E-state index is 0.00479. The Balaban J connectivity index is 1.93. The summed E-state index contributed by atoms with van der Waals surface area (Å²) in [5.41, 5.74) is 4.99. The van der Waals surface area contributed by atoms with Gasteiger partial charge in [-0.15, -0.1) is 0 Å². The topological polar surface area (TPSA) is 114 Å². The second-order valence-electron chi connectivity index (χ2n) is 6.01. The minimum atomic E-state index is -1.18. The van der Waals surface area contributed by atoms with Crippen LogP contribution in [0.2, 0.25) is 5.35 Å². The van der Waals surface area contributed by atoms with Gasteiger partial charge in [0.15, 0.2) is 11.7 Å². The molecule has 2 heterocycles. The Morgan fingerprint density at radius 3 is 2.85 bits per heavy atom. The molecule has 1 aliphatic heterocycles. The van der Waals surface area contributed by atoms with E-state index in [0.717, 1.165) is 6.26 Å². The fourth-order valence-corrected chi connectivity index (χ4v) is 2.77. The lowest BCUT2D eigenvalue weighted by Crippen LogP contribution is -2.47. The van der Waals surface area contributed by atoms with Gasteiger partial charge in [-0.3, -0.25) is 14.5 Å². The number of aliphatic imine (C=N–C) groups is 1. The maximum Gasteiger partial charge on any atom is 0.292 e. The number of guanidine groups is 1. The van der Waals surface area contributed by atoms with Crippen molar-refractivity contribution in [1.82, 2.24) is 9.88 Å². The first-order chi connectivity index (χ1) is 12.2. The molecule has 3 N–H and O–H groups in total. The van der Waals surface area contributed by atoms with E-state index in [2.05, 4.69) is 15.3 Å². The van der Waals surface area contributed by atoms with Crippen LogP contribution in [0.1, 0.15) is 29.4 Å². The van der Waals surface area contributed by atoms with E-state index in [1.165, 1.54) is 30.1 Å². The van der Waals surface area contributed by atoms with Crippen molar-refractivity contribution >= 4 is 35.1 Å². The number of hydrogen-bond acceptors (Lipinski definition) is 6. The van der Waals surface area contributed by atoms with E-state index >= 15 is 0 Å². The number of halogens is 2. The van der Waals surface area contributed by atoms with Crippen molar-refractivity contribution in [2.24, 2.45) is 10.7 Å². The zero-order chi connectivity index (χ0) is 19.1. The van der Waals surface area contributed by atoms with Crippen LogP contribution in [0.4, 0.5) is 10.1 Å². The van der Waals surface area contributed by atoms with E-state index in [0.29, 0.717) is 5.69 Å². The first-order valence-electron chi connectivity index (χ1n) is 7.54. The largest absolute Gasteiger partial charge is 0.435 e. The van der Waals surface area contributed by atoms with Gasteiger partial charge in [-0.25, -0.2) is 9.38 Å². The molecule has 2 aromatic rings. The van der Waals surface area contributed by atoms with Crippen molar-refractivity contribution in [3.8, 4) is 0 Å². The Morgan fingerprint density at radius 2 is 2.23 bits per heavy atom. The number of amides is 2. The number of nitrogens with zero attached hydrogens (tertiary/aromatic N) is 3. The monoisotopic (exact) mass is 379 g/mol. The number of aromatic nitrogens is 1. The normalized spacial score (nSPS) is 20.1. The summed E-state index contributed by atoms with van der Waals surface area (Å²) in [7, 11) is 1.50. The first-order valence-corrected chi connectivity index (χ1v) is 7.92. The summed E-state index contributed by atoms with van der Waals surface area (Å²) in [5, 5.41) is 2.40. The zero-order valence-corrected chi connectivity index (χ0v) is 14.7. The summed E-state index contributed by atoms with van der Waals surface area (Å²) in [6.45, 7) is 1.60. The van der Waals surface area contributed by atoms with Crippen LogP contribution in [0.3, 0.4) is 0 Å². The molecule has 1 aromatic heterocycles. The van der Waals surface area contributed by atoms with Crippen molar-refractivity contribution in [2.45, 2.75) is 18.9 Å². The standard InChI is InChI=1S/C16H15ClFN5O3/c1-16(6-12(24)23(2)15(19)22-16)9-5-8(3-4-10(9)18)20-13(25)11-7-26-14(17)21-11/h3-5,7H,6H2,1-2H3,(H2,19,22)(H,20,25). The van der Waals surface area contributed by atoms with E-state index in [9.17, 15) is 14.0 Å². The molecule has 1 atom stereocenters. The summed E-state index contributed by atoms with van der Waals surface area (Å²) < 4.78 is 19.2. The Bertz CT molecular complexity index is 928. The van der Waals surface area contributed by atoms with Crippen LogP contribution in [-0.4, -0.2) is 34.7 Å². The number of rotatable bonds is 3. The Morgan fingerprint density at radius 1 is 1.50 bits per heavy atom. The van der Waals surface area contributed by atoms with Gasteiger partial charge >= 0.3 is 0 Å². The Kier molecular flexibility index (Phi) is 4.41. The zero-order valence-electron chi connectivity index (χ0n) is 13.9. The SMILES string of the molecule is CN1C(=O)CC(C)(c2cc(NC(=O)c3coc(Cl)n3)ccc2F)N=C1N. The number of benzene rings is 1. The predicted octanol–water partition coefficient (Wildman–Crippen LogP) is 2.11. The van der Waals surface area contributed by atoms with Crippen molar-refractivity contribution in [1.29, 1.82) is 0 Å². The van der Waals surface area contributed by atoms with Crippen molar-refractivity contribution < 1.29 is 18.4 Å². The summed E-state index contributed by atoms with van der Waals surface area (Å²) >= 11 is 5.54. The highest BCUT2D eigenvalue weighted by atomic mass is 35.5. The minimum Gasteiger partial charge on any atom is -0.435 e. The summed E-state index contributed by atoms with van der Waals surface area (Å²) in [6, 6.07) is 3.97. The molecular formula is C16H15ClFN5O3. The van der Waals surface area contributed by atoms with Crippen LogP contribution in [-0.2, 0) is 10.3 Å². The highest BCUT2D eigenvalue weighted by Gasteiger charge is 2.38. The number of carbonyl (C=O) groups excluding carboxylic acids is 2. The molecule has 0 aliphatic carbocycles. The van der Waals surface area contributed by atoms with Crippen LogP contribution in [0.5, 0.6) is 0 Å². The molecule has 0 radical (unpaired) electrons. The van der Waals surface area contributed by atoms with E-state index in [-0.39, 0.29) is 34.9 Å². The smallest absolute Gasteiger partial charge is 0.292 e. The molecule has 0 spiro atoms. The van der Waals surface area contributed by atoms with Gasteiger partial charge < -0.3 is 15.5 Å². The van der Waals surface area contributed by atoms with Gasteiger partial charge in [0.05, 0.1) is 12.0 Å². The molecule has 0 saturated carbocycles. The molecule has 2 amide bonds. The molecule has 26 heavy (non-hydrogen) atoms. The van der Waals surface area contributed by atoms with Gasteiger partial charge in [0.2, 0.25) is 5.91 Å². The fraction of sp³-hybridized carbons (Fsp3) is 0.250. The van der Waals surface area contributed by atoms with E-state index in [1.807, 2.05) is 0 Å². The number of hydrogen-bond donors (Lipinski definition) is 2. The highest BCUT2D eigenvalue weighted by Crippen LogP contribution is 2.35. The molecule has 1 aliphatic rings. The average Bonchev–Trinajstić information content (AvgIpc) is 3.01. The van der Waals surface area contributed by atoms with Gasteiger partial charge in [-0.05, 0) is 36.7 Å². The van der Waals surface area contributed by atoms with Crippen LogP contribution >= 0.6 is 11.6 Å². The maximum atomic E-state index is 14.4. The van der Waals surface area contributed by atoms with Gasteiger partial charge in [0.25, 0.3) is 11.3 Å². The first kappa shape index (κ1) is 17.9. The van der Waals surface area contributed by atoms with Gasteiger partial charge in [-0.1, -0.05) is 0 Å². The molecule has 136 valence electrons. The molecule has 8 nitrogen and oxygen atoms in total. The van der Waals surface area contributed by atoms with Crippen molar-refractivity contribution in [2.75, 3.05) is 12.4 Å². The van der Waals surface area contributed by atoms with Crippen LogP contribution in [0.25, 0.3) is 0 Å². The number of nitrogens with one attached hydrogen (secondary N) is 1. The lowest BCUT2D eigenvalue weighted by Gasteiger charge is -2.34. The molecule has 0 fully saturated rings. The third kappa shape index (κ3) is 3.25. The van der Waals surface area contributed by atoms with Crippen molar-refractivity contribution in [3.05, 3.63) is 46.9 Å². The molecule has 3 rings (SSSR count). The second-order valence-corrected chi connectivity index (χ2v) is 6.33. The predicted molar refractivity (Wildman–Crippen MR) is 92.2 cm³/mol. The Labute approximate surface area is 152 Å². The number of anilines is 1. The summed E-state index contributed by atoms with van der Waals surface area (Å²) in [4.78, 5) is 33.4. The number of nitrogens with two attached hydrogens (primary N) is 1. The van der Waals surface area contributed by atoms with Gasteiger partial charge in [0.1, 0.15) is 12.1 Å². The summed E-state index contributed by atoms with van der Waals surface area (Å²) in [6.07, 6.45) is 1.04. The maximum absolute atomic E-state index is 14.4. The number of carbonyl (C=O) groups is 2. The molecule has 0 bridgehead atoms. The lowest BCUT2D eigenvalue weighted by molar-refractivity contribution is -0.128. The summed E-state index contributed by atoms with van der Waals surface area (Å²) in [5.74, 6) is -1.43. The quantitative estimate of drug-likeness (QED) is 0.847. The lowest BCUT2D eigenvalue weighted by atomic mass is 9.87. The average molecular weight is 380 g/mol. The van der Waals surface area contributed by atoms with Gasteiger partial charge in [0, 0.05) is 18.3 Å². The van der Waals surface area contributed by atoms with E-state index in [1.54, 1.807) is 6.92 Å². The Hall–Kier alpha value is -2.94. The molecular weight excluding hydrogens is 365 g/mol. The molecule has 10 heteroatoms. The third-order valence-corrected chi connectivity index (χ3v) is 4.26. The molecule has 1 aromatic carbocycles. The fourth-order valence-electron chi connectivity index (χ4n) is 2.63. The number of oxazole rings is 1. The van der Waals surface area contributed by atoms with E-state index < -0.39 is 17.3 Å². The van der Waals surface area contributed by atoms with Crippen molar-refractivity contribution in [3.63, 3.8) is 0 Å². The highest BCUT2D eigenvalue weighted by molar-refractivity contribution is 6.28. The third-order valence-electron chi connectivity index (χ3n) is 4.09. The van der Waals surface area contributed by atoms with Crippen LogP contribution < -0.4 is 11.1 Å². The van der Waals surface area contributed by atoms with Crippen LogP contribution in [0.15, 0.2) is 33.9 Å². The molecule has 1 unspecified atom stereocenters. The second kappa shape index (κ2) is 6.41. The van der Waals surface area contributed by atoms with Gasteiger partial charge in [-0.2, -0.15) is 4.98 Å². The molecule has 0 saturated heterocycles. The van der Waals surface area contributed by atoms with E-state index in [4.69, 9.17) is 21.8 Å². The van der Waals surface area contributed by atoms with Crippen LogP contribution in [0, 0.1) is 5.82 Å².